The molecule has 0 unspecified atom stereocenters. The fourth-order valence-electron chi connectivity index (χ4n) is 2.47. The van der Waals surface area contributed by atoms with Crippen molar-refractivity contribution in [1.82, 2.24) is 30.3 Å². The molecule has 0 amide bonds. The Balaban J connectivity index is 1.50. The summed E-state index contributed by atoms with van der Waals surface area (Å²) in [5.74, 6) is 1.45. The van der Waals surface area contributed by atoms with Crippen LogP contribution >= 0.6 is 23.4 Å². The molecule has 136 valence electrons. The Labute approximate surface area is 164 Å². The van der Waals surface area contributed by atoms with Gasteiger partial charge in [-0.3, -0.25) is 0 Å². The summed E-state index contributed by atoms with van der Waals surface area (Å²) in [7, 11) is 0. The van der Waals surface area contributed by atoms with E-state index < -0.39 is 0 Å². The van der Waals surface area contributed by atoms with E-state index in [0.29, 0.717) is 27.6 Å². The highest BCUT2D eigenvalue weighted by Crippen LogP contribution is 2.25. The van der Waals surface area contributed by atoms with Crippen molar-refractivity contribution < 1.29 is 4.52 Å². The van der Waals surface area contributed by atoms with Gasteiger partial charge in [-0.25, -0.2) is 0 Å². The highest BCUT2D eigenvalue weighted by Gasteiger charge is 2.14. The van der Waals surface area contributed by atoms with Crippen LogP contribution < -0.4 is 0 Å². The minimum atomic E-state index is 0.457. The van der Waals surface area contributed by atoms with Gasteiger partial charge in [0.1, 0.15) is 0 Å². The molecule has 4 aromatic rings. The molecule has 0 bridgehead atoms. The molecule has 9 heteroatoms. The first kappa shape index (κ1) is 17.7. The average molecular weight is 399 g/mol. The molecule has 2 aromatic heterocycles. The van der Waals surface area contributed by atoms with Crippen LogP contribution in [0.4, 0.5) is 0 Å². The average Bonchev–Trinajstić information content (AvgIpc) is 3.31. The lowest BCUT2D eigenvalue weighted by Crippen LogP contribution is -2.00. The molecule has 0 aliphatic rings. The number of nitrogens with zero attached hydrogens (tertiary/aromatic N) is 6. The largest absolute Gasteiger partial charge is 0.338 e. The highest BCUT2D eigenvalue weighted by molar-refractivity contribution is 7.98. The van der Waals surface area contributed by atoms with Crippen LogP contribution in [0.2, 0.25) is 5.02 Å². The zero-order valence-corrected chi connectivity index (χ0v) is 16.2. The van der Waals surface area contributed by atoms with E-state index >= 15 is 0 Å². The first-order valence-electron chi connectivity index (χ1n) is 8.17. The Morgan fingerprint density at radius 2 is 2.00 bits per heavy atom. The number of thioether (sulfide) groups is 1. The van der Waals surface area contributed by atoms with Gasteiger partial charge in [0.2, 0.25) is 16.9 Å². The van der Waals surface area contributed by atoms with Gasteiger partial charge in [0.25, 0.3) is 0 Å². The maximum Gasteiger partial charge on any atom is 0.237 e. The third kappa shape index (κ3) is 3.86. The number of hydrogen-bond donors (Lipinski definition) is 0. The molecule has 27 heavy (non-hydrogen) atoms. The van der Waals surface area contributed by atoms with Gasteiger partial charge in [-0.1, -0.05) is 46.7 Å². The van der Waals surface area contributed by atoms with Crippen LogP contribution in [0.25, 0.3) is 17.1 Å². The van der Waals surface area contributed by atoms with E-state index in [1.807, 2.05) is 18.2 Å². The van der Waals surface area contributed by atoms with Crippen LogP contribution in [0.1, 0.15) is 17.0 Å². The van der Waals surface area contributed by atoms with Crippen molar-refractivity contribution in [2.75, 3.05) is 0 Å². The van der Waals surface area contributed by atoms with Crippen molar-refractivity contribution in [2.45, 2.75) is 24.8 Å². The molecule has 2 heterocycles. The number of halogens is 1. The molecule has 0 spiro atoms. The van der Waals surface area contributed by atoms with Gasteiger partial charge in [-0.15, -0.1) is 5.10 Å². The quantitative estimate of drug-likeness (QED) is 0.464. The lowest BCUT2D eigenvalue weighted by atomic mass is 10.1. The first-order valence-corrected chi connectivity index (χ1v) is 9.54. The Bertz CT molecular complexity index is 1090. The van der Waals surface area contributed by atoms with E-state index in [1.54, 1.807) is 16.8 Å². The van der Waals surface area contributed by atoms with Gasteiger partial charge in [0, 0.05) is 10.6 Å². The fraction of sp³-hybridized carbons (Fsp3) is 0.167. The molecule has 0 atom stereocenters. The van der Waals surface area contributed by atoms with Gasteiger partial charge in [0.15, 0.2) is 0 Å². The maximum absolute atomic E-state index is 6.01. The summed E-state index contributed by atoms with van der Waals surface area (Å²) in [6, 6.07) is 13.4. The van der Waals surface area contributed by atoms with E-state index in [-0.39, 0.29) is 0 Å². The molecule has 0 saturated heterocycles. The van der Waals surface area contributed by atoms with Gasteiger partial charge in [0.05, 0.1) is 11.4 Å². The minimum Gasteiger partial charge on any atom is -0.338 e. The van der Waals surface area contributed by atoms with E-state index in [0.717, 1.165) is 11.3 Å². The predicted molar refractivity (Wildman–Crippen MR) is 103 cm³/mol. The molecular weight excluding hydrogens is 384 g/mol. The van der Waals surface area contributed by atoms with Crippen molar-refractivity contribution >= 4 is 23.4 Å². The van der Waals surface area contributed by atoms with Gasteiger partial charge in [-0.05, 0) is 59.7 Å². The monoisotopic (exact) mass is 398 g/mol. The Hall–Kier alpha value is -2.71. The molecule has 7 nitrogen and oxygen atoms in total. The second kappa shape index (κ2) is 7.50. The van der Waals surface area contributed by atoms with Crippen molar-refractivity contribution in [2.24, 2.45) is 0 Å². The van der Waals surface area contributed by atoms with Crippen LogP contribution in [0.3, 0.4) is 0 Å². The third-order valence-electron chi connectivity index (χ3n) is 4.05. The normalized spacial score (nSPS) is 11.1. The number of aromatic nitrogens is 6. The zero-order valence-electron chi connectivity index (χ0n) is 14.6. The maximum atomic E-state index is 6.01. The Kier molecular flexibility index (Phi) is 4.91. The van der Waals surface area contributed by atoms with E-state index in [1.165, 1.54) is 22.9 Å². The standard InChI is InChI=1S/C18H15ClN6OS/c1-11-6-7-15(8-12(11)2)25-18(21-23-24-25)27-10-16-20-17(22-26-16)13-4-3-5-14(19)9-13/h3-9H,10H2,1-2H3. The van der Waals surface area contributed by atoms with Crippen LogP contribution in [0, 0.1) is 13.8 Å². The number of tetrazole rings is 1. The molecule has 4 rings (SSSR count). The Morgan fingerprint density at radius 3 is 2.81 bits per heavy atom. The van der Waals surface area contributed by atoms with Crippen LogP contribution in [-0.2, 0) is 5.75 Å². The lowest BCUT2D eigenvalue weighted by molar-refractivity contribution is 0.391. The number of aryl methyl sites for hydroxylation is 2. The minimum absolute atomic E-state index is 0.457. The number of hydrogen-bond acceptors (Lipinski definition) is 7. The number of benzene rings is 2. The predicted octanol–water partition coefficient (Wildman–Crippen LogP) is 4.27. The number of rotatable bonds is 5. The summed E-state index contributed by atoms with van der Waals surface area (Å²) in [6.07, 6.45) is 0. The molecular formula is C18H15ClN6OS. The van der Waals surface area contributed by atoms with Crippen LogP contribution in [0.15, 0.2) is 52.1 Å². The molecule has 0 radical (unpaired) electrons. The van der Waals surface area contributed by atoms with Gasteiger partial charge >= 0.3 is 0 Å². The van der Waals surface area contributed by atoms with E-state index in [2.05, 4.69) is 51.6 Å². The van der Waals surface area contributed by atoms with E-state index in [9.17, 15) is 0 Å². The van der Waals surface area contributed by atoms with Crippen molar-refractivity contribution in [3.8, 4) is 17.1 Å². The summed E-state index contributed by atoms with van der Waals surface area (Å²) in [4.78, 5) is 4.41. The summed E-state index contributed by atoms with van der Waals surface area (Å²) in [6.45, 7) is 4.13. The van der Waals surface area contributed by atoms with Crippen LogP contribution in [0.5, 0.6) is 0 Å². The fourth-order valence-corrected chi connectivity index (χ4v) is 3.39. The second-order valence-electron chi connectivity index (χ2n) is 5.95. The molecule has 0 fully saturated rings. The summed E-state index contributed by atoms with van der Waals surface area (Å²) >= 11 is 7.44. The molecule has 0 aliphatic heterocycles. The summed E-state index contributed by atoms with van der Waals surface area (Å²) in [5, 5.41) is 17.3. The summed E-state index contributed by atoms with van der Waals surface area (Å²) in [5.41, 5.74) is 4.13. The molecule has 0 saturated carbocycles. The SMILES string of the molecule is Cc1ccc(-n2nnnc2SCc2nc(-c3cccc(Cl)c3)no2)cc1C. The lowest BCUT2D eigenvalue weighted by Gasteiger charge is -2.06. The smallest absolute Gasteiger partial charge is 0.237 e. The van der Waals surface area contributed by atoms with Gasteiger partial charge < -0.3 is 4.52 Å². The van der Waals surface area contributed by atoms with Crippen molar-refractivity contribution in [1.29, 1.82) is 0 Å². The molecule has 0 N–H and O–H groups in total. The first-order chi connectivity index (χ1) is 13.1. The van der Waals surface area contributed by atoms with Crippen molar-refractivity contribution in [3.05, 3.63) is 64.5 Å². The third-order valence-corrected chi connectivity index (χ3v) is 5.19. The highest BCUT2D eigenvalue weighted by atomic mass is 35.5. The van der Waals surface area contributed by atoms with E-state index in [4.69, 9.17) is 16.1 Å². The zero-order chi connectivity index (χ0) is 18.8. The topological polar surface area (TPSA) is 82.5 Å². The molecule has 2 aromatic carbocycles. The Morgan fingerprint density at radius 1 is 1.11 bits per heavy atom. The van der Waals surface area contributed by atoms with Gasteiger partial charge in [-0.2, -0.15) is 9.67 Å². The molecule has 0 aliphatic carbocycles. The van der Waals surface area contributed by atoms with Crippen molar-refractivity contribution in [3.63, 3.8) is 0 Å². The summed E-state index contributed by atoms with van der Waals surface area (Å²) < 4.78 is 7.03. The van der Waals surface area contributed by atoms with Crippen LogP contribution in [-0.4, -0.2) is 30.3 Å². The second-order valence-corrected chi connectivity index (χ2v) is 7.33.